The molecule has 21 aromatic carbocycles. The van der Waals surface area contributed by atoms with E-state index in [1.807, 2.05) is 13.8 Å². The summed E-state index contributed by atoms with van der Waals surface area (Å²) in [7, 11) is 0. The van der Waals surface area contributed by atoms with Crippen LogP contribution in [-0.4, -0.2) is 40.6 Å². The van der Waals surface area contributed by atoms with Crippen molar-refractivity contribution in [2.24, 2.45) is 0 Å². The molecule has 638 valence electrons. The second-order valence-electron chi connectivity index (χ2n) is 36.4. The Balaban J connectivity index is 0.0000000964. The van der Waals surface area contributed by atoms with Gasteiger partial charge in [-0.1, -0.05) is 317 Å². The van der Waals surface area contributed by atoms with E-state index in [4.69, 9.17) is 0 Å². The van der Waals surface area contributed by atoms with Crippen LogP contribution in [0.25, 0.3) is 279 Å². The molecule has 0 N–H and O–H groups in total. The summed E-state index contributed by atoms with van der Waals surface area (Å²) in [5.74, 6) is 0. The van der Waals surface area contributed by atoms with Gasteiger partial charge in [0.15, 0.2) is 0 Å². The van der Waals surface area contributed by atoms with Crippen molar-refractivity contribution in [3.63, 3.8) is 0 Å². The molecular formula is C128H81N9. The molecule has 0 saturated carbocycles. The van der Waals surface area contributed by atoms with Crippen LogP contribution in [-0.2, 0) is 0 Å². The first-order chi connectivity index (χ1) is 68.1. The normalized spacial score (nSPS) is 12.3. The fourth-order valence-corrected chi connectivity index (χ4v) is 24.6. The first kappa shape index (κ1) is 75.5. The summed E-state index contributed by atoms with van der Waals surface area (Å²) < 4.78 is 22.2. The zero-order valence-electron chi connectivity index (χ0n) is 74.8. The van der Waals surface area contributed by atoms with E-state index in [-0.39, 0.29) is 0 Å². The van der Waals surface area contributed by atoms with Crippen LogP contribution in [0.15, 0.2) is 455 Å². The Labute approximate surface area is 783 Å². The van der Waals surface area contributed by atoms with Gasteiger partial charge in [0.05, 0.1) is 139 Å². The summed E-state index contributed by atoms with van der Waals surface area (Å²) in [4.78, 5) is 0. The van der Waals surface area contributed by atoms with Crippen molar-refractivity contribution in [2.75, 3.05) is 0 Å². The Kier molecular flexibility index (Phi) is 15.8. The first-order valence-corrected chi connectivity index (χ1v) is 47.6. The highest BCUT2D eigenvalue weighted by Crippen LogP contribution is 2.51. The highest BCUT2D eigenvalue weighted by Gasteiger charge is 2.30. The van der Waals surface area contributed by atoms with Crippen LogP contribution in [0.3, 0.4) is 0 Å². The molecule has 0 spiro atoms. The van der Waals surface area contributed by atoms with Gasteiger partial charge in [-0.3, -0.25) is 0 Å². The Morgan fingerprint density at radius 2 is 0.314 bits per heavy atom. The smallest absolute Gasteiger partial charge is 0.0641 e. The fraction of sp³-hybridized carbons (Fsp3) is 0.0156. The topological polar surface area (TPSA) is 42.8 Å². The SMILES string of the molecule is CC.c1ccc2c(c1)c1ccccc1n2-c1ccc2c(c1)c1ccccc1n2-c1ccc2c3ccccc3n3c4ccccc4c1c23.c1ccc2c(c1)c1ccccc1n2-c1ccc2c3ccccc3n(-c3ccc4c5ccccc5n5c6ccccc6c3c45)c2c1.c1ccc2c(c1)c1ccccc1n2-c1cccc2c1c1ccccc1n2-c1ccc2c3ccccc3n3c4ccccc4c1c23. The standard InChI is InChI=1S/3C42H25N3.C2H6/c1-6-16-34-27(11-1)28-12-2-7-17-35(28)43(34)26-21-23-39-33(25-26)30-14-4-8-18-36(30)44(39)40-24-22-31-29-13-3-9-19-37(29)45-38-20-10-5-15-32(38)41(40)42(31)45;1-6-17-32-26(12-1)27-13-2-7-18-33(27)43(32)37-22-11-23-38-40(37)30-15-4-9-20-35(30)44(38)39-25-24-29-28-14-3-8-19-34(28)45-36-21-10-5-16-31(36)41(39)42(29)45;1-6-16-34-27(11-1)28-12-2-7-17-35(28)43(34)26-21-22-31-29-13-3-8-18-36(29)44(40(31)25-26)39-24-23-32-30-14-4-9-19-37(30)45-38-20-10-5-15-33(38)41(39)42(32)45;1-2/h3*1-25H;1-2H3. The number of rotatable bonds is 6. The zero-order chi connectivity index (χ0) is 89.7. The van der Waals surface area contributed by atoms with Crippen LogP contribution in [0, 0.1) is 0 Å². The minimum absolute atomic E-state index is 1.16. The maximum atomic E-state index is 2.50. The van der Waals surface area contributed by atoms with Gasteiger partial charge in [0.1, 0.15) is 0 Å². The van der Waals surface area contributed by atoms with Gasteiger partial charge in [0, 0.05) is 141 Å². The van der Waals surface area contributed by atoms with Crippen LogP contribution < -0.4 is 0 Å². The van der Waals surface area contributed by atoms with Crippen LogP contribution in [0.2, 0.25) is 0 Å². The van der Waals surface area contributed by atoms with Crippen molar-refractivity contribution in [1.82, 2.24) is 40.6 Å². The molecular weight excluding hydrogens is 1660 g/mol. The maximum Gasteiger partial charge on any atom is 0.0641 e. The van der Waals surface area contributed by atoms with Gasteiger partial charge in [-0.2, -0.15) is 0 Å². The van der Waals surface area contributed by atoms with E-state index in [0.29, 0.717) is 0 Å². The van der Waals surface area contributed by atoms with Crippen molar-refractivity contribution >= 4 is 245 Å². The van der Waals surface area contributed by atoms with Crippen molar-refractivity contribution in [3.05, 3.63) is 455 Å². The molecule has 9 heteroatoms. The lowest BCUT2D eigenvalue weighted by Gasteiger charge is -2.13. The van der Waals surface area contributed by atoms with E-state index in [1.54, 1.807) is 0 Å². The monoisotopic (exact) mass is 1740 g/mol. The second-order valence-corrected chi connectivity index (χ2v) is 36.4. The van der Waals surface area contributed by atoms with Crippen molar-refractivity contribution in [1.29, 1.82) is 0 Å². The van der Waals surface area contributed by atoms with Gasteiger partial charge in [0.2, 0.25) is 0 Å². The van der Waals surface area contributed by atoms with E-state index in [2.05, 4.69) is 496 Å². The lowest BCUT2D eigenvalue weighted by Crippen LogP contribution is -1.97. The molecule has 0 aliphatic carbocycles. The number of aromatic nitrogens is 9. The van der Waals surface area contributed by atoms with Gasteiger partial charge in [-0.25, -0.2) is 0 Å². The molecule has 0 atom stereocenters. The first-order valence-electron chi connectivity index (χ1n) is 47.6. The van der Waals surface area contributed by atoms with E-state index in [1.165, 1.54) is 274 Å². The van der Waals surface area contributed by atoms with E-state index < -0.39 is 0 Å². The molecule has 12 heterocycles. The predicted octanol–water partition coefficient (Wildman–Crippen LogP) is 34.1. The zero-order valence-corrected chi connectivity index (χ0v) is 74.8. The Bertz CT molecular complexity index is 10600. The minimum atomic E-state index is 1.16. The molecule has 12 aromatic heterocycles. The molecule has 0 aliphatic rings. The molecule has 0 radical (unpaired) electrons. The Hall–Kier alpha value is -18.2. The minimum Gasteiger partial charge on any atom is -0.309 e. The third kappa shape index (κ3) is 10.2. The predicted molar refractivity (Wildman–Crippen MR) is 581 cm³/mol. The van der Waals surface area contributed by atoms with Crippen molar-refractivity contribution in [2.45, 2.75) is 13.8 Å². The molecule has 0 aliphatic heterocycles. The van der Waals surface area contributed by atoms with E-state index >= 15 is 0 Å². The number of hydrogen-bond donors (Lipinski definition) is 0. The molecule has 33 aromatic rings. The summed E-state index contributed by atoms with van der Waals surface area (Å²) in [6, 6.07) is 167. The van der Waals surface area contributed by atoms with Gasteiger partial charge >= 0.3 is 0 Å². The van der Waals surface area contributed by atoms with E-state index in [9.17, 15) is 0 Å². The molecule has 33 rings (SSSR count). The van der Waals surface area contributed by atoms with Crippen LogP contribution in [0.5, 0.6) is 0 Å². The van der Waals surface area contributed by atoms with Gasteiger partial charge < -0.3 is 40.6 Å². The molecule has 0 bridgehead atoms. The van der Waals surface area contributed by atoms with E-state index in [0.717, 1.165) is 5.69 Å². The van der Waals surface area contributed by atoms with Gasteiger partial charge in [-0.15, -0.1) is 0 Å². The highest BCUT2D eigenvalue weighted by molar-refractivity contribution is 6.31. The molecule has 137 heavy (non-hydrogen) atoms. The lowest BCUT2D eigenvalue weighted by atomic mass is 10.1. The van der Waals surface area contributed by atoms with Crippen LogP contribution in [0.1, 0.15) is 13.8 Å². The summed E-state index contributed by atoms with van der Waals surface area (Å²) in [5, 5.41) is 30.7. The molecule has 9 nitrogen and oxygen atoms in total. The molecule has 0 saturated heterocycles. The number of benzene rings is 21. The van der Waals surface area contributed by atoms with Crippen molar-refractivity contribution < 1.29 is 0 Å². The summed E-state index contributed by atoms with van der Waals surface area (Å²) >= 11 is 0. The molecule has 0 amide bonds. The largest absolute Gasteiger partial charge is 0.309 e. The summed E-state index contributed by atoms with van der Waals surface area (Å²) in [6.45, 7) is 4.00. The van der Waals surface area contributed by atoms with Crippen LogP contribution >= 0.6 is 0 Å². The average Bonchev–Trinajstić information content (AvgIpc) is 1.53. The fourth-order valence-electron chi connectivity index (χ4n) is 24.6. The number of fused-ring (bicyclic) bond motifs is 36. The quantitative estimate of drug-likeness (QED) is 0.159. The van der Waals surface area contributed by atoms with Gasteiger partial charge in [0.25, 0.3) is 0 Å². The molecule has 0 fully saturated rings. The molecule has 0 unspecified atom stereocenters. The summed E-state index contributed by atoms with van der Waals surface area (Å²) in [6.07, 6.45) is 0. The van der Waals surface area contributed by atoms with Gasteiger partial charge in [-0.05, 0) is 152 Å². The number of nitrogens with zero attached hydrogens (tertiary/aromatic N) is 9. The summed E-state index contributed by atoms with van der Waals surface area (Å²) in [5.41, 5.74) is 33.2. The third-order valence-electron chi connectivity index (χ3n) is 29.9. The van der Waals surface area contributed by atoms with Crippen molar-refractivity contribution in [3.8, 4) is 34.1 Å². The Morgan fingerprint density at radius 3 is 0.642 bits per heavy atom. The number of para-hydroxylation sites is 15. The second kappa shape index (κ2) is 28.7. The highest BCUT2D eigenvalue weighted by atomic mass is 15.1. The Morgan fingerprint density at radius 1 is 0.117 bits per heavy atom. The average molecular weight is 1750 g/mol. The lowest BCUT2D eigenvalue weighted by molar-refractivity contribution is 1.16. The third-order valence-corrected chi connectivity index (χ3v) is 29.9. The maximum absolute atomic E-state index is 2.50. The van der Waals surface area contributed by atoms with Crippen LogP contribution in [0.4, 0.5) is 0 Å². The number of hydrogen-bond acceptors (Lipinski definition) is 0.